The topological polar surface area (TPSA) is 9.23 Å². The minimum absolute atomic E-state index is 0.0299. The van der Waals surface area contributed by atoms with Crippen molar-refractivity contribution < 1.29 is 9.13 Å². The molecule has 0 aliphatic carbocycles. The van der Waals surface area contributed by atoms with E-state index in [-0.39, 0.29) is 11.2 Å². The highest BCUT2D eigenvalue weighted by atomic mass is 79.9. The predicted molar refractivity (Wildman–Crippen MR) is 66.4 cm³/mol. The van der Waals surface area contributed by atoms with Crippen LogP contribution < -0.4 is 0 Å². The van der Waals surface area contributed by atoms with Crippen molar-refractivity contribution in [2.24, 2.45) is 5.41 Å². The number of ether oxygens (including phenoxy) is 1. The molecule has 0 N–H and O–H groups in total. The second kappa shape index (κ2) is 5.03. The predicted octanol–water partition coefficient (Wildman–Crippen LogP) is 3.78. The van der Waals surface area contributed by atoms with E-state index in [9.17, 15) is 4.39 Å². The maximum Gasteiger partial charge on any atom is 0.137 e. The third-order valence-electron chi connectivity index (χ3n) is 3.07. The van der Waals surface area contributed by atoms with Crippen LogP contribution >= 0.6 is 27.5 Å². The summed E-state index contributed by atoms with van der Waals surface area (Å²) < 4.78 is 19.3. The summed E-state index contributed by atoms with van der Waals surface area (Å²) in [4.78, 5) is 0. The monoisotopic (exact) mass is 306 g/mol. The quantitative estimate of drug-likeness (QED) is 0.772. The maximum absolute atomic E-state index is 13.4. The summed E-state index contributed by atoms with van der Waals surface area (Å²) >= 11 is 9.30. The van der Waals surface area contributed by atoms with Gasteiger partial charge in [-0.3, -0.25) is 0 Å². The van der Waals surface area contributed by atoms with Gasteiger partial charge in [0.05, 0.1) is 11.1 Å². The van der Waals surface area contributed by atoms with Crippen molar-refractivity contribution in [1.29, 1.82) is 0 Å². The molecule has 88 valence electrons. The van der Waals surface area contributed by atoms with E-state index in [1.54, 1.807) is 6.07 Å². The lowest BCUT2D eigenvalue weighted by molar-refractivity contribution is 0.161. The van der Waals surface area contributed by atoms with Gasteiger partial charge < -0.3 is 4.74 Å². The lowest BCUT2D eigenvalue weighted by Gasteiger charge is -2.25. The highest BCUT2D eigenvalue weighted by Gasteiger charge is 2.34. The van der Waals surface area contributed by atoms with Crippen molar-refractivity contribution in [2.75, 3.05) is 19.1 Å². The summed E-state index contributed by atoms with van der Waals surface area (Å²) in [6.07, 6.45) is 1.70. The molecule has 0 radical (unpaired) electrons. The van der Waals surface area contributed by atoms with Crippen LogP contribution in [0.3, 0.4) is 0 Å². The van der Waals surface area contributed by atoms with Crippen LogP contribution in [0, 0.1) is 11.2 Å². The van der Waals surface area contributed by atoms with Crippen LogP contribution in [0.25, 0.3) is 0 Å². The summed E-state index contributed by atoms with van der Waals surface area (Å²) in [6.45, 7) is 1.42. The zero-order valence-corrected chi connectivity index (χ0v) is 11.2. The second-order valence-corrected chi connectivity index (χ2v) is 5.39. The van der Waals surface area contributed by atoms with E-state index in [1.165, 1.54) is 6.07 Å². The fourth-order valence-electron chi connectivity index (χ4n) is 2.03. The molecule has 4 heteroatoms. The first-order valence-corrected chi connectivity index (χ1v) is 6.56. The van der Waals surface area contributed by atoms with Crippen LogP contribution in [-0.4, -0.2) is 19.1 Å². The highest BCUT2D eigenvalue weighted by Crippen LogP contribution is 2.36. The van der Waals surface area contributed by atoms with Crippen molar-refractivity contribution in [3.8, 4) is 0 Å². The van der Waals surface area contributed by atoms with Gasteiger partial charge in [0.15, 0.2) is 0 Å². The molecule has 1 heterocycles. The lowest BCUT2D eigenvalue weighted by Crippen LogP contribution is -2.26. The molecule has 1 aliphatic rings. The third-order valence-corrected chi connectivity index (χ3v) is 4.52. The van der Waals surface area contributed by atoms with Gasteiger partial charge in [-0.05, 0) is 40.4 Å². The molecule has 1 aliphatic heterocycles. The van der Waals surface area contributed by atoms with Crippen molar-refractivity contribution in [3.63, 3.8) is 0 Å². The van der Waals surface area contributed by atoms with Crippen LogP contribution in [0.4, 0.5) is 4.39 Å². The second-order valence-electron chi connectivity index (χ2n) is 4.33. The standard InChI is InChI=1S/C12H13BrClFO/c13-11-9(2-1-3-10(11)15)6-12(7-14)4-5-16-8-12/h1-3H,4-8H2. The summed E-state index contributed by atoms with van der Waals surface area (Å²) in [5.74, 6) is 0.330. The Hall–Kier alpha value is -0.120. The minimum atomic E-state index is -0.221. The molecule has 1 aromatic carbocycles. The Morgan fingerprint density at radius 2 is 2.31 bits per heavy atom. The largest absolute Gasteiger partial charge is 0.381 e. The van der Waals surface area contributed by atoms with Gasteiger partial charge in [-0.1, -0.05) is 12.1 Å². The summed E-state index contributed by atoms with van der Waals surface area (Å²) in [6, 6.07) is 5.11. The number of halogens is 3. The number of hydrogen-bond donors (Lipinski definition) is 0. The van der Waals surface area contributed by atoms with Gasteiger partial charge in [0.25, 0.3) is 0 Å². The Labute approximate surface area is 108 Å². The van der Waals surface area contributed by atoms with Crippen LogP contribution in [-0.2, 0) is 11.2 Å². The van der Waals surface area contributed by atoms with Gasteiger partial charge in [0.2, 0.25) is 0 Å². The summed E-state index contributed by atoms with van der Waals surface area (Å²) in [7, 11) is 0. The van der Waals surface area contributed by atoms with Gasteiger partial charge in [-0.15, -0.1) is 11.6 Å². The molecule has 1 unspecified atom stereocenters. The Morgan fingerprint density at radius 3 is 2.94 bits per heavy atom. The van der Waals surface area contributed by atoms with E-state index in [0.29, 0.717) is 17.0 Å². The number of rotatable bonds is 3. The Bertz CT molecular complexity index is 377. The van der Waals surface area contributed by atoms with E-state index < -0.39 is 0 Å². The van der Waals surface area contributed by atoms with E-state index in [2.05, 4.69) is 15.9 Å². The highest BCUT2D eigenvalue weighted by molar-refractivity contribution is 9.10. The van der Waals surface area contributed by atoms with Gasteiger partial charge in [-0.2, -0.15) is 0 Å². The van der Waals surface area contributed by atoms with Gasteiger partial charge in [0.1, 0.15) is 5.82 Å². The molecule has 1 nitrogen and oxygen atoms in total. The molecular formula is C12H13BrClFO. The zero-order chi connectivity index (χ0) is 11.6. The van der Waals surface area contributed by atoms with Crippen LogP contribution in [0.5, 0.6) is 0 Å². The zero-order valence-electron chi connectivity index (χ0n) is 8.81. The average Bonchev–Trinajstić information content (AvgIpc) is 2.74. The first-order chi connectivity index (χ1) is 7.67. The Kier molecular flexibility index (Phi) is 3.88. The molecule has 0 aromatic heterocycles. The van der Waals surface area contributed by atoms with Crippen LogP contribution in [0.1, 0.15) is 12.0 Å². The number of alkyl halides is 1. The molecule has 2 rings (SSSR count). The van der Waals surface area contributed by atoms with Gasteiger partial charge >= 0.3 is 0 Å². The van der Waals surface area contributed by atoms with Gasteiger partial charge in [0, 0.05) is 17.9 Å². The molecule has 0 bridgehead atoms. The molecule has 1 aromatic rings. The molecule has 0 spiro atoms. The maximum atomic E-state index is 13.4. The van der Waals surface area contributed by atoms with E-state index in [0.717, 1.165) is 25.0 Å². The van der Waals surface area contributed by atoms with Crippen LogP contribution in [0.15, 0.2) is 22.7 Å². The lowest BCUT2D eigenvalue weighted by atomic mass is 9.83. The number of benzene rings is 1. The first-order valence-electron chi connectivity index (χ1n) is 5.23. The SMILES string of the molecule is Fc1cccc(CC2(CCl)CCOC2)c1Br. The van der Waals surface area contributed by atoms with Gasteiger partial charge in [-0.25, -0.2) is 4.39 Å². The smallest absolute Gasteiger partial charge is 0.137 e. The van der Waals surface area contributed by atoms with E-state index in [4.69, 9.17) is 16.3 Å². The first kappa shape index (κ1) is 12.3. The minimum Gasteiger partial charge on any atom is -0.381 e. The fourth-order valence-corrected chi connectivity index (χ4v) is 2.74. The molecule has 16 heavy (non-hydrogen) atoms. The number of hydrogen-bond acceptors (Lipinski definition) is 1. The van der Waals surface area contributed by atoms with Crippen molar-refractivity contribution >= 4 is 27.5 Å². The molecule has 0 amide bonds. The van der Waals surface area contributed by atoms with E-state index >= 15 is 0 Å². The molecule has 0 saturated carbocycles. The summed E-state index contributed by atoms with van der Waals surface area (Å²) in [5, 5.41) is 0. The van der Waals surface area contributed by atoms with Crippen molar-refractivity contribution in [3.05, 3.63) is 34.1 Å². The normalized spacial score (nSPS) is 24.9. The molecule has 1 saturated heterocycles. The Morgan fingerprint density at radius 1 is 1.50 bits per heavy atom. The fraction of sp³-hybridized carbons (Fsp3) is 0.500. The molecule has 1 fully saturated rings. The van der Waals surface area contributed by atoms with Crippen molar-refractivity contribution in [2.45, 2.75) is 12.8 Å². The van der Waals surface area contributed by atoms with Crippen molar-refractivity contribution in [1.82, 2.24) is 0 Å². The Balaban J connectivity index is 2.22. The molecular weight excluding hydrogens is 294 g/mol. The third kappa shape index (κ3) is 2.41. The van der Waals surface area contributed by atoms with Crippen LogP contribution in [0.2, 0.25) is 0 Å². The van der Waals surface area contributed by atoms with E-state index in [1.807, 2.05) is 6.07 Å². The summed E-state index contributed by atoms with van der Waals surface area (Å²) in [5.41, 5.74) is 0.934. The molecule has 1 atom stereocenters. The average molecular weight is 308 g/mol.